The lowest BCUT2D eigenvalue weighted by Gasteiger charge is -2.12. The monoisotopic (exact) mass is 369 g/mol. The molecule has 0 spiro atoms. The Morgan fingerprint density at radius 1 is 0.821 bits per heavy atom. The van der Waals surface area contributed by atoms with Gasteiger partial charge >= 0.3 is 5.69 Å². The normalized spacial score (nSPS) is 11.3. The number of benzene rings is 2. The van der Waals surface area contributed by atoms with Crippen molar-refractivity contribution < 1.29 is 0 Å². The van der Waals surface area contributed by atoms with Crippen LogP contribution < -0.4 is 11.2 Å². The zero-order chi connectivity index (χ0) is 19.3. The summed E-state index contributed by atoms with van der Waals surface area (Å²) in [6.07, 6.45) is 5.45. The molecule has 0 unspecified atom stereocenters. The molecule has 0 aliphatic rings. The van der Waals surface area contributed by atoms with Gasteiger partial charge in [-0.05, 0) is 23.3 Å². The van der Waals surface area contributed by atoms with E-state index in [1.54, 1.807) is 22.9 Å². The predicted molar refractivity (Wildman–Crippen MR) is 111 cm³/mol. The maximum absolute atomic E-state index is 13.1. The zero-order valence-electron chi connectivity index (χ0n) is 15.2. The average Bonchev–Trinajstić information content (AvgIpc) is 2.75. The van der Waals surface area contributed by atoms with E-state index >= 15 is 0 Å². The Hall–Kier alpha value is -3.73. The van der Waals surface area contributed by atoms with E-state index < -0.39 is 0 Å². The van der Waals surface area contributed by atoms with E-state index in [9.17, 15) is 9.59 Å². The maximum atomic E-state index is 13.1. The van der Waals surface area contributed by atoms with Crippen LogP contribution in [0.25, 0.3) is 17.1 Å². The van der Waals surface area contributed by atoms with E-state index in [-0.39, 0.29) is 17.8 Å². The number of allylic oxidation sites excluding steroid dienone is 1. The highest BCUT2D eigenvalue weighted by Gasteiger charge is 2.13. The van der Waals surface area contributed by atoms with Gasteiger partial charge < -0.3 is 0 Å². The molecule has 0 amide bonds. The lowest BCUT2D eigenvalue weighted by Crippen LogP contribution is -2.40. The van der Waals surface area contributed by atoms with Crippen molar-refractivity contribution in [1.82, 2.24) is 14.1 Å². The Morgan fingerprint density at radius 2 is 1.54 bits per heavy atom. The van der Waals surface area contributed by atoms with Gasteiger partial charge in [-0.15, -0.1) is 0 Å². The summed E-state index contributed by atoms with van der Waals surface area (Å²) in [5.41, 5.74) is 2.07. The minimum atomic E-state index is -0.368. The first kappa shape index (κ1) is 17.7. The first-order valence-electron chi connectivity index (χ1n) is 9.08. The summed E-state index contributed by atoms with van der Waals surface area (Å²) in [5.74, 6) is 0. The van der Waals surface area contributed by atoms with Crippen molar-refractivity contribution >= 4 is 17.1 Å². The lowest BCUT2D eigenvalue weighted by atomic mass is 10.2. The summed E-state index contributed by atoms with van der Waals surface area (Å²) in [7, 11) is 0. The van der Waals surface area contributed by atoms with Gasteiger partial charge in [0.05, 0.1) is 12.1 Å². The van der Waals surface area contributed by atoms with Crippen molar-refractivity contribution in [1.29, 1.82) is 0 Å². The van der Waals surface area contributed by atoms with Gasteiger partial charge in [0.2, 0.25) is 0 Å². The third-order valence-corrected chi connectivity index (χ3v) is 4.57. The average molecular weight is 369 g/mol. The second-order valence-corrected chi connectivity index (χ2v) is 6.45. The van der Waals surface area contributed by atoms with Crippen molar-refractivity contribution in [2.75, 3.05) is 0 Å². The molecule has 4 aromatic rings. The topological polar surface area (TPSA) is 56.9 Å². The Morgan fingerprint density at radius 3 is 2.29 bits per heavy atom. The molecule has 2 aromatic heterocycles. The van der Waals surface area contributed by atoms with Crippen molar-refractivity contribution in [3.05, 3.63) is 117 Å². The molecule has 0 fully saturated rings. The van der Waals surface area contributed by atoms with Crippen molar-refractivity contribution in [2.24, 2.45) is 0 Å². The molecule has 28 heavy (non-hydrogen) atoms. The maximum Gasteiger partial charge on any atom is 0.332 e. The molecule has 0 saturated carbocycles. The Kier molecular flexibility index (Phi) is 4.97. The summed E-state index contributed by atoms with van der Waals surface area (Å²) in [6, 6.07) is 22.8. The molecule has 5 heteroatoms. The highest BCUT2D eigenvalue weighted by molar-refractivity contribution is 5.73. The highest BCUT2D eigenvalue weighted by Crippen LogP contribution is 2.07. The summed E-state index contributed by atoms with van der Waals surface area (Å²) in [5, 5.41) is 0. The van der Waals surface area contributed by atoms with Crippen LogP contribution in [-0.4, -0.2) is 14.1 Å². The fraction of sp³-hybridized carbons (Fsp3) is 0.0870. The molecular weight excluding hydrogens is 350 g/mol. The second-order valence-electron chi connectivity index (χ2n) is 6.45. The van der Waals surface area contributed by atoms with E-state index in [0.29, 0.717) is 17.6 Å². The third-order valence-electron chi connectivity index (χ3n) is 4.57. The summed E-state index contributed by atoms with van der Waals surface area (Å²) >= 11 is 0. The van der Waals surface area contributed by atoms with E-state index in [2.05, 4.69) is 4.98 Å². The minimum Gasteiger partial charge on any atom is -0.288 e. The van der Waals surface area contributed by atoms with E-state index in [1.165, 1.54) is 4.57 Å². The predicted octanol–water partition coefficient (Wildman–Crippen LogP) is 3.32. The molecule has 0 saturated heterocycles. The number of nitrogens with zero attached hydrogens (tertiary/aromatic N) is 3. The van der Waals surface area contributed by atoms with Gasteiger partial charge in [0.15, 0.2) is 5.52 Å². The molecule has 4 rings (SSSR count). The standard InChI is InChI=1S/C23H19N3O2/c27-22-21-20(14-7-15-24-21)25(16-8-13-18-9-3-1-4-10-18)23(28)26(22)17-19-11-5-2-6-12-19/h1-15H,16-17H2/b13-8+. The van der Waals surface area contributed by atoms with Gasteiger partial charge in [-0.25, -0.2) is 9.78 Å². The molecule has 0 N–H and O–H groups in total. The Balaban J connectivity index is 1.79. The smallest absolute Gasteiger partial charge is 0.288 e. The summed E-state index contributed by atoms with van der Waals surface area (Å²) < 4.78 is 2.84. The quantitative estimate of drug-likeness (QED) is 0.542. The number of rotatable bonds is 5. The number of fused-ring (bicyclic) bond motifs is 1. The summed E-state index contributed by atoms with van der Waals surface area (Å²) in [4.78, 5) is 30.2. The molecule has 2 aromatic carbocycles. The van der Waals surface area contributed by atoms with Crippen LogP contribution in [0, 0.1) is 0 Å². The molecule has 2 heterocycles. The fourth-order valence-electron chi connectivity index (χ4n) is 3.18. The zero-order valence-corrected chi connectivity index (χ0v) is 15.2. The Labute approximate surface area is 161 Å². The van der Waals surface area contributed by atoms with Crippen LogP contribution in [0.1, 0.15) is 11.1 Å². The third kappa shape index (κ3) is 3.55. The van der Waals surface area contributed by atoms with Crippen molar-refractivity contribution in [2.45, 2.75) is 13.1 Å². The van der Waals surface area contributed by atoms with Crippen LogP contribution in [0.4, 0.5) is 0 Å². The second kappa shape index (κ2) is 7.88. The molecule has 0 atom stereocenters. The number of pyridine rings is 1. The molecule has 5 nitrogen and oxygen atoms in total. The first-order valence-corrected chi connectivity index (χ1v) is 9.08. The Bertz CT molecular complexity index is 1240. The molecule has 0 aliphatic carbocycles. The van der Waals surface area contributed by atoms with Crippen molar-refractivity contribution in [3.63, 3.8) is 0 Å². The van der Waals surface area contributed by atoms with Gasteiger partial charge in [0.1, 0.15) is 0 Å². The van der Waals surface area contributed by atoms with Crippen LogP contribution >= 0.6 is 0 Å². The molecule has 0 radical (unpaired) electrons. The van der Waals surface area contributed by atoms with Gasteiger partial charge in [-0.2, -0.15) is 0 Å². The lowest BCUT2D eigenvalue weighted by molar-refractivity contribution is 0.639. The number of hydrogen-bond donors (Lipinski definition) is 0. The molecule has 138 valence electrons. The minimum absolute atomic E-state index is 0.216. The SMILES string of the molecule is O=c1c2ncccc2n(C/C=C/c2ccccc2)c(=O)n1Cc1ccccc1. The van der Waals surface area contributed by atoms with Crippen molar-refractivity contribution in [3.8, 4) is 0 Å². The van der Waals surface area contributed by atoms with Crippen LogP contribution in [0.2, 0.25) is 0 Å². The highest BCUT2D eigenvalue weighted by atomic mass is 16.2. The van der Waals surface area contributed by atoms with Crippen LogP contribution in [-0.2, 0) is 13.1 Å². The number of hydrogen-bond acceptors (Lipinski definition) is 3. The number of aromatic nitrogens is 3. The molecule has 0 bridgehead atoms. The van der Waals surface area contributed by atoms with Gasteiger partial charge in [-0.3, -0.25) is 13.9 Å². The van der Waals surface area contributed by atoms with Gasteiger partial charge in [-0.1, -0.05) is 72.8 Å². The van der Waals surface area contributed by atoms with Gasteiger partial charge in [0, 0.05) is 12.7 Å². The van der Waals surface area contributed by atoms with E-state index in [0.717, 1.165) is 11.1 Å². The fourth-order valence-corrected chi connectivity index (χ4v) is 3.18. The molecular formula is C23H19N3O2. The van der Waals surface area contributed by atoms with Crippen LogP contribution in [0.5, 0.6) is 0 Å². The van der Waals surface area contributed by atoms with E-state index in [4.69, 9.17) is 0 Å². The van der Waals surface area contributed by atoms with E-state index in [1.807, 2.05) is 72.8 Å². The molecule has 0 aliphatic heterocycles. The summed E-state index contributed by atoms with van der Waals surface area (Å²) in [6.45, 7) is 0.568. The van der Waals surface area contributed by atoms with Crippen LogP contribution in [0.3, 0.4) is 0 Å². The first-order chi connectivity index (χ1) is 13.7. The largest absolute Gasteiger partial charge is 0.332 e. The van der Waals surface area contributed by atoms with Crippen LogP contribution in [0.15, 0.2) is 94.7 Å². The van der Waals surface area contributed by atoms with Gasteiger partial charge in [0.25, 0.3) is 5.56 Å².